The highest BCUT2D eigenvalue weighted by Crippen LogP contribution is 2.10. The first kappa shape index (κ1) is 11.5. The van der Waals surface area contributed by atoms with Gasteiger partial charge in [0.15, 0.2) is 18.9 Å². The summed E-state index contributed by atoms with van der Waals surface area (Å²) in [6.07, 6.45) is 5.68. The zero-order valence-corrected chi connectivity index (χ0v) is 9.51. The highest BCUT2D eigenvalue weighted by molar-refractivity contribution is 7.98. The summed E-state index contributed by atoms with van der Waals surface area (Å²) in [5.41, 5.74) is 0. The van der Waals surface area contributed by atoms with E-state index in [4.69, 9.17) is 5.14 Å². The van der Waals surface area contributed by atoms with E-state index in [2.05, 4.69) is 0 Å². The second-order valence-electron chi connectivity index (χ2n) is 2.84. The van der Waals surface area contributed by atoms with Crippen LogP contribution in [0.15, 0.2) is 29.4 Å². The molecule has 0 saturated heterocycles. The predicted molar refractivity (Wildman–Crippen MR) is 56.4 cm³/mol. The Morgan fingerprint density at radius 1 is 1.43 bits per heavy atom. The molecule has 14 heavy (non-hydrogen) atoms. The number of pyridine rings is 1. The van der Waals surface area contributed by atoms with Crippen LogP contribution < -0.4 is 9.71 Å². The topological polar surface area (TPSA) is 64.0 Å². The molecule has 1 heterocycles. The van der Waals surface area contributed by atoms with Crippen molar-refractivity contribution in [3.05, 3.63) is 24.5 Å². The predicted octanol–water partition coefficient (Wildman–Crippen LogP) is -0.0155. The van der Waals surface area contributed by atoms with Gasteiger partial charge in [0, 0.05) is 17.0 Å². The summed E-state index contributed by atoms with van der Waals surface area (Å²) in [7, 11) is -3.36. The van der Waals surface area contributed by atoms with E-state index in [0.717, 1.165) is 4.90 Å². The second kappa shape index (κ2) is 4.77. The van der Waals surface area contributed by atoms with Crippen molar-refractivity contribution in [3.8, 4) is 0 Å². The van der Waals surface area contributed by atoms with Crippen LogP contribution in [0.3, 0.4) is 0 Å². The lowest BCUT2D eigenvalue weighted by Gasteiger charge is -1.97. The molecule has 6 heteroatoms. The zero-order chi connectivity index (χ0) is 10.6. The van der Waals surface area contributed by atoms with Crippen molar-refractivity contribution in [2.75, 3.05) is 12.0 Å². The zero-order valence-electron chi connectivity index (χ0n) is 7.88. The number of nitrogens with zero attached hydrogens (tertiary/aromatic N) is 1. The van der Waals surface area contributed by atoms with Gasteiger partial charge in [0.25, 0.3) is 0 Å². The van der Waals surface area contributed by atoms with E-state index in [1.54, 1.807) is 16.3 Å². The van der Waals surface area contributed by atoms with E-state index in [9.17, 15) is 8.42 Å². The molecule has 2 N–H and O–H groups in total. The molecule has 0 aliphatic carbocycles. The third-order valence-electron chi connectivity index (χ3n) is 1.73. The summed E-state index contributed by atoms with van der Waals surface area (Å²) >= 11 is 1.64. The number of aryl methyl sites for hydroxylation is 1. The lowest BCUT2D eigenvalue weighted by atomic mass is 10.5. The Morgan fingerprint density at radius 2 is 2.00 bits per heavy atom. The fourth-order valence-electron chi connectivity index (χ4n) is 0.961. The van der Waals surface area contributed by atoms with Gasteiger partial charge in [0.2, 0.25) is 10.0 Å². The normalized spacial score (nSPS) is 11.6. The summed E-state index contributed by atoms with van der Waals surface area (Å²) in [4.78, 5) is 1.15. The third kappa shape index (κ3) is 4.08. The average molecular weight is 233 g/mol. The van der Waals surface area contributed by atoms with Crippen molar-refractivity contribution in [1.29, 1.82) is 0 Å². The molecular formula is C8H13N2O2S2+. The Hall–Kier alpha value is -0.590. The van der Waals surface area contributed by atoms with Gasteiger partial charge in [0.1, 0.15) is 5.75 Å². The van der Waals surface area contributed by atoms with Gasteiger partial charge in [0.05, 0.1) is 0 Å². The van der Waals surface area contributed by atoms with Gasteiger partial charge >= 0.3 is 0 Å². The molecule has 0 aliphatic rings. The molecule has 0 atom stereocenters. The summed E-state index contributed by atoms with van der Waals surface area (Å²) in [6, 6.07) is 3.88. The molecule has 1 rings (SSSR count). The minimum atomic E-state index is -3.36. The van der Waals surface area contributed by atoms with E-state index in [1.807, 2.05) is 30.8 Å². The van der Waals surface area contributed by atoms with E-state index in [-0.39, 0.29) is 5.75 Å². The quantitative estimate of drug-likeness (QED) is 0.587. The Kier molecular flexibility index (Phi) is 3.91. The van der Waals surface area contributed by atoms with Gasteiger partial charge in [-0.15, -0.1) is 11.8 Å². The lowest BCUT2D eigenvalue weighted by Crippen LogP contribution is -2.37. The molecular weight excluding hydrogens is 220 g/mol. The number of nitrogens with two attached hydrogens (primary N) is 1. The van der Waals surface area contributed by atoms with E-state index in [0.29, 0.717) is 6.54 Å². The molecule has 0 saturated carbocycles. The molecule has 1 aromatic rings. The highest BCUT2D eigenvalue weighted by Gasteiger charge is 2.07. The summed E-state index contributed by atoms with van der Waals surface area (Å²) in [5, 5.41) is 4.89. The largest absolute Gasteiger partial charge is 0.229 e. The maximum Gasteiger partial charge on any atom is 0.215 e. The Labute approximate surface area is 88.2 Å². The molecule has 0 unspecified atom stereocenters. The third-order valence-corrected chi connectivity index (χ3v) is 3.23. The first-order valence-corrected chi connectivity index (χ1v) is 6.99. The van der Waals surface area contributed by atoms with Crippen LogP contribution >= 0.6 is 11.8 Å². The van der Waals surface area contributed by atoms with Crippen LogP contribution in [-0.2, 0) is 16.6 Å². The van der Waals surface area contributed by atoms with E-state index < -0.39 is 10.0 Å². The number of primary sulfonamides is 1. The van der Waals surface area contributed by atoms with Crippen LogP contribution in [0.5, 0.6) is 0 Å². The van der Waals surface area contributed by atoms with Crippen molar-refractivity contribution in [1.82, 2.24) is 0 Å². The fourth-order valence-corrected chi connectivity index (χ4v) is 1.82. The van der Waals surface area contributed by atoms with Crippen LogP contribution in [0.25, 0.3) is 0 Å². The highest BCUT2D eigenvalue weighted by atomic mass is 32.2. The first-order valence-electron chi connectivity index (χ1n) is 4.05. The van der Waals surface area contributed by atoms with Gasteiger partial charge < -0.3 is 0 Å². The molecule has 0 spiro atoms. The van der Waals surface area contributed by atoms with E-state index in [1.165, 1.54) is 0 Å². The van der Waals surface area contributed by atoms with Gasteiger partial charge in [-0.25, -0.2) is 18.1 Å². The molecule has 78 valence electrons. The Balaban J connectivity index is 2.61. The molecule has 4 nitrogen and oxygen atoms in total. The Morgan fingerprint density at radius 3 is 2.43 bits per heavy atom. The van der Waals surface area contributed by atoms with Crippen molar-refractivity contribution in [2.45, 2.75) is 11.4 Å². The van der Waals surface area contributed by atoms with E-state index >= 15 is 0 Å². The van der Waals surface area contributed by atoms with Crippen LogP contribution in [0.4, 0.5) is 0 Å². The number of sulfonamides is 1. The smallest absolute Gasteiger partial charge is 0.215 e. The van der Waals surface area contributed by atoms with Gasteiger partial charge in [-0.3, -0.25) is 0 Å². The molecule has 0 aliphatic heterocycles. The summed E-state index contributed by atoms with van der Waals surface area (Å²) < 4.78 is 23.2. The lowest BCUT2D eigenvalue weighted by molar-refractivity contribution is -0.692. The number of thioether (sulfide) groups is 1. The fraction of sp³-hybridized carbons (Fsp3) is 0.375. The number of hydrogen-bond acceptors (Lipinski definition) is 3. The average Bonchev–Trinajstić information content (AvgIpc) is 2.14. The van der Waals surface area contributed by atoms with Crippen LogP contribution in [0.1, 0.15) is 0 Å². The van der Waals surface area contributed by atoms with Gasteiger partial charge in [-0.2, -0.15) is 0 Å². The number of aromatic nitrogens is 1. The molecule has 1 aromatic heterocycles. The van der Waals surface area contributed by atoms with Gasteiger partial charge in [-0.05, 0) is 6.26 Å². The van der Waals surface area contributed by atoms with Crippen molar-refractivity contribution in [3.63, 3.8) is 0 Å². The SMILES string of the molecule is CSc1cc[n+](CCS(N)(=O)=O)cc1. The van der Waals surface area contributed by atoms with Gasteiger partial charge in [-0.1, -0.05) is 0 Å². The monoisotopic (exact) mass is 233 g/mol. The Bertz CT molecular complexity index is 386. The molecule has 0 bridgehead atoms. The summed E-state index contributed by atoms with van der Waals surface area (Å²) in [6.45, 7) is 0.396. The molecule has 0 aromatic carbocycles. The number of hydrogen-bond donors (Lipinski definition) is 1. The second-order valence-corrected chi connectivity index (χ2v) is 5.46. The van der Waals surface area contributed by atoms with Crippen molar-refractivity contribution >= 4 is 21.8 Å². The van der Waals surface area contributed by atoms with Crippen molar-refractivity contribution in [2.24, 2.45) is 5.14 Å². The maximum atomic E-state index is 10.7. The maximum absolute atomic E-state index is 10.7. The van der Waals surface area contributed by atoms with Crippen molar-refractivity contribution < 1.29 is 13.0 Å². The standard InChI is InChI=1S/C8H13N2O2S2/c1-13-8-2-4-10(5-3-8)6-7-14(9,11)12/h2-5H,6-7H2,1H3,(H2,9,11,12)/q+1. The minimum Gasteiger partial charge on any atom is -0.229 e. The molecule has 0 amide bonds. The number of rotatable bonds is 4. The molecule has 0 radical (unpaired) electrons. The van der Waals surface area contributed by atoms with Crippen LogP contribution in [0.2, 0.25) is 0 Å². The first-order chi connectivity index (χ1) is 6.51. The minimum absolute atomic E-state index is 0.0315. The molecule has 0 fully saturated rings. The van der Waals surface area contributed by atoms with Crippen LogP contribution in [0, 0.1) is 0 Å². The van der Waals surface area contributed by atoms with Crippen LogP contribution in [-0.4, -0.2) is 20.4 Å². The summed E-state index contributed by atoms with van der Waals surface area (Å²) in [5.74, 6) is -0.0315.